The third kappa shape index (κ3) is 3.23. The molecule has 3 rings (SSSR count). The molecule has 2 N–H and O–H groups in total. The first-order valence-electron chi connectivity index (χ1n) is 6.77. The Morgan fingerprint density at radius 3 is 3.00 bits per heavy atom. The van der Waals surface area contributed by atoms with Gasteiger partial charge in [0.05, 0.1) is 6.20 Å². The van der Waals surface area contributed by atoms with Gasteiger partial charge in [-0.1, -0.05) is 0 Å². The molecule has 1 unspecified atom stereocenters. The lowest BCUT2D eigenvalue weighted by molar-refractivity contribution is 0.200. The van der Waals surface area contributed by atoms with E-state index in [4.69, 9.17) is 4.42 Å². The zero-order chi connectivity index (χ0) is 13.2. The predicted molar refractivity (Wildman–Crippen MR) is 81.0 cm³/mol. The summed E-state index contributed by atoms with van der Waals surface area (Å²) in [7, 11) is 0. The average molecular weight is 297 g/mol. The number of furan rings is 1. The topological polar surface area (TPSA) is 57.1 Å². The molecule has 110 valence electrons. The summed E-state index contributed by atoms with van der Waals surface area (Å²) in [4.78, 5) is 2.45. The Labute approximate surface area is 125 Å². The Morgan fingerprint density at radius 1 is 1.45 bits per heavy atom. The highest BCUT2D eigenvalue weighted by Gasteiger charge is 2.18. The fourth-order valence-electron chi connectivity index (χ4n) is 2.61. The van der Waals surface area contributed by atoms with Crippen molar-refractivity contribution in [3.63, 3.8) is 0 Å². The van der Waals surface area contributed by atoms with E-state index in [1.165, 1.54) is 5.56 Å². The predicted octanol–water partition coefficient (Wildman–Crippen LogP) is 2.19. The standard InChI is InChI=1S/C14H20N4O.ClH/c1-10-8-18(6-5-15-10)9-12-7-16-17-14(12)13-4-3-11(2)19-13;/h3-4,7,10,15H,5-6,8-9H2,1-2H3,(H,16,17);1H. The van der Waals surface area contributed by atoms with Crippen molar-refractivity contribution in [2.75, 3.05) is 19.6 Å². The van der Waals surface area contributed by atoms with E-state index >= 15 is 0 Å². The smallest absolute Gasteiger partial charge is 0.152 e. The van der Waals surface area contributed by atoms with E-state index in [9.17, 15) is 0 Å². The van der Waals surface area contributed by atoms with Gasteiger partial charge in [-0.05, 0) is 26.0 Å². The lowest BCUT2D eigenvalue weighted by atomic mass is 10.1. The molecular formula is C14H21ClN4O. The summed E-state index contributed by atoms with van der Waals surface area (Å²) in [6.45, 7) is 8.29. The summed E-state index contributed by atoms with van der Waals surface area (Å²) in [6.07, 6.45) is 1.90. The molecule has 1 aliphatic heterocycles. The number of piperazine rings is 1. The van der Waals surface area contributed by atoms with Crippen molar-refractivity contribution in [1.29, 1.82) is 0 Å². The number of aromatic nitrogens is 2. The summed E-state index contributed by atoms with van der Waals surface area (Å²) >= 11 is 0. The van der Waals surface area contributed by atoms with Gasteiger partial charge in [0.2, 0.25) is 0 Å². The number of nitrogens with one attached hydrogen (secondary N) is 2. The van der Waals surface area contributed by atoms with Gasteiger partial charge in [0.1, 0.15) is 11.5 Å². The second-order valence-electron chi connectivity index (χ2n) is 5.27. The van der Waals surface area contributed by atoms with Crippen molar-refractivity contribution < 1.29 is 4.42 Å². The van der Waals surface area contributed by atoms with Crippen LogP contribution >= 0.6 is 12.4 Å². The van der Waals surface area contributed by atoms with Crippen LogP contribution in [0.15, 0.2) is 22.7 Å². The van der Waals surface area contributed by atoms with Crippen molar-refractivity contribution in [2.45, 2.75) is 26.4 Å². The van der Waals surface area contributed by atoms with Gasteiger partial charge < -0.3 is 9.73 Å². The van der Waals surface area contributed by atoms with E-state index < -0.39 is 0 Å². The summed E-state index contributed by atoms with van der Waals surface area (Å²) in [5.74, 6) is 1.79. The van der Waals surface area contributed by atoms with Crippen molar-refractivity contribution in [3.05, 3.63) is 29.7 Å². The monoisotopic (exact) mass is 296 g/mol. The van der Waals surface area contributed by atoms with Crippen molar-refractivity contribution in [3.8, 4) is 11.5 Å². The molecule has 0 spiro atoms. The molecule has 20 heavy (non-hydrogen) atoms. The van der Waals surface area contributed by atoms with Gasteiger partial charge in [0, 0.05) is 37.8 Å². The lowest BCUT2D eigenvalue weighted by Gasteiger charge is -2.31. The molecule has 1 fully saturated rings. The number of hydrogen-bond acceptors (Lipinski definition) is 4. The minimum Gasteiger partial charge on any atom is -0.460 e. The Bertz CT molecular complexity index is 551. The zero-order valence-electron chi connectivity index (χ0n) is 11.8. The van der Waals surface area contributed by atoms with E-state index in [1.54, 1.807) is 0 Å². The molecule has 2 aromatic rings. The van der Waals surface area contributed by atoms with Gasteiger partial charge in [-0.2, -0.15) is 5.10 Å². The maximum Gasteiger partial charge on any atom is 0.152 e. The molecule has 0 radical (unpaired) electrons. The van der Waals surface area contributed by atoms with Crippen LogP contribution in [-0.4, -0.2) is 40.8 Å². The van der Waals surface area contributed by atoms with Crippen molar-refractivity contribution >= 4 is 12.4 Å². The van der Waals surface area contributed by atoms with Crippen LogP contribution in [0.3, 0.4) is 0 Å². The molecule has 5 nitrogen and oxygen atoms in total. The van der Waals surface area contributed by atoms with Crippen LogP contribution in [0.1, 0.15) is 18.2 Å². The first-order chi connectivity index (χ1) is 9.22. The molecule has 0 aromatic carbocycles. The highest BCUT2D eigenvalue weighted by molar-refractivity contribution is 5.85. The summed E-state index contributed by atoms with van der Waals surface area (Å²) < 4.78 is 5.68. The van der Waals surface area contributed by atoms with E-state index in [0.717, 1.165) is 43.4 Å². The number of aromatic amines is 1. The molecule has 0 saturated carbocycles. The third-order valence-electron chi connectivity index (χ3n) is 3.55. The maximum absolute atomic E-state index is 5.68. The molecule has 6 heteroatoms. The Morgan fingerprint density at radius 2 is 2.30 bits per heavy atom. The van der Waals surface area contributed by atoms with Crippen LogP contribution in [0, 0.1) is 6.92 Å². The number of H-pyrrole nitrogens is 1. The van der Waals surface area contributed by atoms with Gasteiger partial charge >= 0.3 is 0 Å². The summed E-state index contributed by atoms with van der Waals surface area (Å²) in [5.41, 5.74) is 2.20. The summed E-state index contributed by atoms with van der Waals surface area (Å²) in [5, 5.41) is 10.7. The molecule has 1 aliphatic rings. The molecular weight excluding hydrogens is 276 g/mol. The SMILES string of the molecule is Cc1ccc(-c2[nH]ncc2CN2CCNC(C)C2)o1.Cl. The minimum atomic E-state index is 0. The fraction of sp³-hybridized carbons (Fsp3) is 0.500. The Hall–Kier alpha value is -1.30. The molecule has 1 saturated heterocycles. The van der Waals surface area contributed by atoms with Crippen LogP contribution in [0.25, 0.3) is 11.5 Å². The van der Waals surface area contributed by atoms with Crippen molar-refractivity contribution in [1.82, 2.24) is 20.4 Å². The zero-order valence-corrected chi connectivity index (χ0v) is 12.7. The first-order valence-corrected chi connectivity index (χ1v) is 6.77. The van der Waals surface area contributed by atoms with E-state index in [-0.39, 0.29) is 12.4 Å². The molecule has 0 bridgehead atoms. The fourth-order valence-corrected chi connectivity index (χ4v) is 2.61. The van der Waals surface area contributed by atoms with Crippen LogP contribution < -0.4 is 5.32 Å². The number of aryl methyl sites for hydroxylation is 1. The van der Waals surface area contributed by atoms with Crippen LogP contribution in [0.4, 0.5) is 0 Å². The lowest BCUT2D eigenvalue weighted by Crippen LogP contribution is -2.48. The van der Waals surface area contributed by atoms with Gasteiger partial charge in [-0.15, -0.1) is 12.4 Å². The van der Waals surface area contributed by atoms with Crippen LogP contribution in [-0.2, 0) is 6.54 Å². The number of hydrogen-bond donors (Lipinski definition) is 2. The van der Waals surface area contributed by atoms with E-state index in [0.29, 0.717) is 6.04 Å². The van der Waals surface area contributed by atoms with Gasteiger partial charge in [0.25, 0.3) is 0 Å². The van der Waals surface area contributed by atoms with Crippen LogP contribution in [0.2, 0.25) is 0 Å². The molecule has 0 amide bonds. The summed E-state index contributed by atoms with van der Waals surface area (Å²) in [6, 6.07) is 4.52. The number of rotatable bonds is 3. The van der Waals surface area contributed by atoms with Crippen molar-refractivity contribution in [2.24, 2.45) is 0 Å². The second kappa shape index (κ2) is 6.43. The van der Waals surface area contributed by atoms with E-state index in [1.807, 2.05) is 25.3 Å². The first kappa shape index (κ1) is 15.1. The third-order valence-corrected chi connectivity index (χ3v) is 3.55. The molecule has 0 aliphatic carbocycles. The van der Waals surface area contributed by atoms with Gasteiger partial charge in [0.15, 0.2) is 5.76 Å². The molecule has 1 atom stereocenters. The van der Waals surface area contributed by atoms with E-state index in [2.05, 4.69) is 27.3 Å². The normalized spacial score (nSPS) is 19.8. The highest BCUT2D eigenvalue weighted by Crippen LogP contribution is 2.24. The quantitative estimate of drug-likeness (QED) is 0.912. The number of halogens is 1. The second-order valence-corrected chi connectivity index (χ2v) is 5.27. The molecule has 2 aromatic heterocycles. The largest absolute Gasteiger partial charge is 0.460 e. The average Bonchev–Trinajstić information content (AvgIpc) is 2.98. The Balaban J connectivity index is 0.00000147. The number of nitrogens with zero attached hydrogens (tertiary/aromatic N) is 2. The minimum absolute atomic E-state index is 0. The Kier molecular flexibility index (Phi) is 4.86. The molecule has 3 heterocycles. The van der Waals surface area contributed by atoms with Crippen LogP contribution in [0.5, 0.6) is 0 Å². The van der Waals surface area contributed by atoms with Gasteiger partial charge in [-0.3, -0.25) is 10.00 Å². The highest BCUT2D eigenvalue weighted by atomic mass is 35.5. The van der Waals surface area contributed by atoms with Gasteiger partial charge in [-0.25, -0.2) is 0 Å². The maximum atomic E-state index is 5.68.